The molecular weight excluding hydrogens is 211 g/mol. The third-order valence-electron chi connectivity index (χ3n) is 1.95. The van der Waals surface area contributed by atoms with Crippen LogP contribution in [0.5, 0.6) is 5.75 Å². The molecule has 1 atom stereocenters. The maximum atomic E-state index is 13.1. The van der Waals surface area contributed by atoms with Gasteiger partial charge in [0.1, 0.15) is 6.04 Å². The standard InChI is InChI=1S/C11H11FN2O2/c1-7(6-13)14-11(15)8-3-4-9(12)10(5-8)16-2/h3-5,7H,1-2H3,(H,14,15)/t7-/m0/s1. The van der Waals surface area contributed by atoms with Gasteiger partial charge >= 0.3 is 0 Å². The van der Waals surface area contributed by atoms with Crippen LogP contribution in [-0.4, -0.2) is 19.1 Å². The zero-order valence-corrected chi connectivity index (χ0v) is 8.95. The predicted molar refractivity (Wildman–Crippen MR) is 55.5 cm³/mol. The molecule has 1 amide bonds. The van der Waals surface area contributed by atoms with Gasteiger partial charge in [-0.3, -0.25) is 4.79 Å². The summed E-state index contributed by atoms with van der Waals surface area (Å²) in [5, 5.41) is 11.0. The van der Waals surface area contributed by atoms with E-state index in [-0.39, 0.29) is 11.3 Å². The molecule has 1 rings (SSSR count). The minimum absolute atomic E-state index is 0.00254. The minimum Gasteiger partial charge on any atom is -0.494 e. The Morgan fingerprint density at radius 3 is 2.88 bits per heavy atom. The lowest BCUT2D eigenvalue weighted by Crippen LogP contribution is -2.31. The summed E-state index contributed by atoms with van der Waals surface area (Å²) < 4.78 is 17.8. The van der Waals surface area contributed by atoms with Gasteiger partial charge in [-0.2, -0.15) is 5.26 Å². The fourth-order valence-corrected chi connectivity index (χ4v) is 1.11. The summed E-state index contributed by atoms with van der Waals surface area (Å²) in [6.45, 7) is 1.55. The van der Waals surface area contributed by atoms with Crippen molar-refractivity contribution < 1.29 is 13.9 Å². The van der Waals surface area contributed by atoms with Gasteiger partial charge < -0.3 is 10.1 Å². The second kappa shape index (κ2) is 5.12. The Hall–Kier alpha value is -2.09. The number of nitriles is 1. The highest BCUT2D eigenvalue weighted by Crippen LogP contribution is 2.18. The lowest BCUT2D eigenvalue weighted by atomic mass is 10.2. The van der Waals surface area contributed by atoms with Gasteiger partial charge in [-0.1, -0.05) is 0 Å². The van der Waals surface area contributed by atoms with Crippen molar-refractivity contribution in [3.05, 3.63) is 29.6 Å². The molecule has 0 aliphatic rings. The van der Waals surface area contributed by atoms with Crippen molar-refractivity contribution in [3.8, 4) is 11.8 Å². The topological polar surface area (TPSA) is 62.1 Å². The van der Waals surface area contributed by atoms with E-state index in [4.69, 9.17) is 10.00 Å². The van der Waals surface area contributed by atoms with Crippen LogP contribution in [0.25, 0.3) is 0 Å². The molecule has 16 heavy (non-hydrogen) atoms. The summed E-state index contributed by atoms with van der Waals surface area (Å²) in [6.07, 6.45) is 0. The Balaban J connectivity index is 2.89. The van der Waals surface area contributed by atoms with Gasteiger partial charge in [0, 0.05) is 5.56 Å². The van der Waals surface area contributed by atoms with Crippen LogP contribution in [-0.2, 0) is 0 Å². The van der Waals surface area contributed by atoms with Crippen molar-refractivity contribution in [2.24, 2.45) is 0 Å². The lowest BCUT2D eigenvalue weighted by molar-refractivity contribution is 0.0947. The van der Waals surface area contributed by atoms with E-state index in [9.17, 15) is 9.18 Å². The Labute approximate surface area is 92.6 Å². The molecule has 0 aliphatic carbocycles. The fraction of sp³-hybridized carbons (Fsp3) is 0.273. The maximum absolute atomic E-state index is 13.1. The van der Waals surface area contributed by atoms with Gasteiger partial charge in [0.25, 0.3) is 5.91 Å². The van der Waals surface area contributed by atoms with Gasteiger partial charge in [0.15, 0.2) is 11.6 Å². The number of methoxy groups -OCH3 is 1. The third-order valence-corrected chi connectivity index (χ3v) is 1.95. The molecule has 0 saturated carbocycles. The molecule has 0 heterocycles. The normalized spacial score (nSPS) is 11.4. The first kappa shape index (κ1) is 12.0. The van der Waals surface area contributed by atoms with E-state index in [1.165, 1.54) is 19.2 Å². The molecule has 0 spiro atoms. The average Bonchev–Trinajstić information content (AvgIpc) is 2.29. The Bertz CT molecular complexity index is 440. The number of carbonyl (C=O) groups excluding carboxylic acids is 1. The zero-order valence-electron chi connectivity index (χ0n) is 8.95. The Morgan fingerprint density at radius 2 is 2.31 bits per heavy atom. The van der Waals surface area contributed by atoms with E-state index in [2.05, 4.69) is 5.32 Å². The highest BCUT2D eigenvalue weighted by atomic mass is 19.1. The summed E-state index contributed by atoms with van der Waals surface area (Å²) in [4.78, 5) is 11.6. The van der Waals surface area contributed by atoms with Crippen LogP contribution in [0.3, 0.4) is 0 Å². The predicted octanol–water partition coefficient (Wildman–Crippen LogP) is 1.48. The van der Waals surface area contributed by atoms with Crippen LogP contribution in [0, 0.1) is 17.1 Å². The van der Waals surface area contributed by atoms with Crippen LogP contribution in [0.2, 0.25) is 0 Å². The monoisotopic (exact) mass is 222 g/mol. The largest absolute Gasteiger partial charge is 0.494 e. The molecule has 0 bridgehead atoms. The molecule has 0 aliphatic heterocycles. The molecule has 5 heteroatoms. The number of rotatable bonds is 3. The SMILES string of the molecule is COc1cc(C(=O)N[C@@H](C)C#N)ccc1F. The summed E-state index contributed by atoms with van der Waals surface area (Å²) in [5.41, 5.74) is 0.250. The minimum atomic E-state index is -0.594. The van der Waals surface area contributed by atoms with E-state index >= 15 is 0 Å². The van der Waals surface area contributed by atoms with Gasteiger partial charge in [0.05, 0.1) is 13.2 Å². The first-order valence-electron chi connectivity index (χ1n) is 4.62. The number of hydrogen-bond acceptors (Lipinski definition) is 3. The fourth-order valence-electron chi connectivity index (χ4n) is 1.11. The molecule has 0 saturated heterocycles. The highest BCUT2D eigenvalue weighted by Gasteiger charge is 2.11. The molecular formula is C11H11FN2O2. The van der Waals surface area contributed by atoms with Crippen LogP contribution >= 0.6 is 0 Å². The van der Waals surface area contributed by atoms with Crippen LogP contribution < -0.4 is 10.1 Å². The second-order valence-corrected chi connectivity index (χ2v) is 3.17. The van der Waals surface area contributed by atoms with E-state index in [0.29, 0.717) is 0 Å². The number of benzene rings is 1. The number of halogens is 1. The van der Waals surface area contributed by atoms with Crippen LogP contribution in [0.15, 0.2) is 18.2 Å². The van der Waals surface area contributed by atoms with E-state index in [1.807, 2.05) is 6.07 Å². The maximum Gasteiger partial charge on any atom is 0.252 e. The Kier molecular flexibility index (Phi) is 3.84. The first-order chi connectivity index (χ1) is 7.58. The quantitative estimate of drug-likeness (QED) is 0.842. The lowest BCUT2D eigenvalue weighted by Gasteiger charge is -2.08. The smallest absolute Gasteiger partial charge is 0.252 e. The summed E-state index contributed by atoms with van der Waals surface area (Å²) in [6, 6.07) is 5.04. The molecule has 4 nitrogen and oxygen atoms in total. The highest BCUT2D eigenvalue weighted by molar-refractivity contribution is 5.94. The van der Waals surface area contributed by atoms with Crippen molar-refractivity contribution in [2.75, 3.05) is 7.11 Å². The van der Waals surface area contributed by atoms with Gasteiger partial charge in [0.2, 0.25) is 0 Å². The molecule has 0 fully saturated rings. The van der Waals surface area contributed by atoms with Gasteiger partial charge in [-0.15, -0.1) is 0 Å². The number of hydrogen-bond donors (Lipinski definition) is 1. The molecule has 0 radical (unpaired) electrons. The molecule has 1 aromatic carbocycles. The summed E-state index contributed by atoms with van der Waals surface area (Å²) >= 11 is 0. The molecule has 1 aromatic rings. The summed E-state index contributed by atoms with van der Waals surface area (Å²) in [7, 11) is 1.32. The van der Waals surface area contributed by atoms with Gasteiger partial charge in [-0.05, 0) is 25.1 Å². The van der Waals surface area contributed by atoms with E-state index in [1.54, 1.807) is 6.92 Å². The average molecular weight is 222 g/mol. The number of amides is 1. The number of nitrogens with zero attached hydrogens (tertiary/aromatic N) is 1. The van der Waals surface area contributed by atoms with Crippen molar-refractivity contribution in [1.29, 1.82) is 5.26 Å². The molecule has 0 aromatic heterocycles. The van der Waals surface area contributed by atoms with Crippen molar-refractivity contribution in [2.45, 2.75) is 13.0 Å². The Morgan fingerprint density at radius 1 is 1.62 bits per heavy atom. The summed E-state index contributed by atoms with van der Waals surface area (Å²) in [5.74, 6) is -0.975. The van der Waals surface area contributed by atoms with E-state index < -0.39 is 17.8 Å². The van der Waals surface area contributed by atoms with Crippen LogP contribution in [0.4, 0.5) is 4.39 Å². The van der Waals surface area contributed by atoms with Crippen molar-refractivity contribution in [3.63, 3.8) is 0 Å². The van der Waals surface area contributed by atoms with Crippen molar-refractivity contribution >= 4 is 5.91 Å². The zero-order chi connectivity index (χ0) is 12.1. The van der Waals surface area contributed by atoms with Crippen LogP contribution in [0.1, 0.15) is 17.3 Å². The molecule has 1 N–H and O–H groups in total. The van der Waals surface area contributed by atoms with Gasteiger partial charge in [-0.25, -0.2) is 4.39 Å². The first-order valence-corrected chi connectivity index (χ1v) is 4.62. The van der Waals surface area contributed by atoms with Crippen molar-refractivity contribution in [1.82, 2.24) is 5.32 Å². The number of nitrogens with one attached hydrogen (secondary N) is 1. The third kappa shape index (κ3) is 2.70. The number of carbonyl (C=O) groups is 1. The van der Waals surface area contributed by atoms with E-state index in [0.717, 1.165) is 6.07 Å². The second-order valence-electron chi connectivity index (χ2n) is 3.17. The molecule has 84 valence electrons. The number of ether oxygens (including phenoxy) is 1. The molecule has 0 unspecified atom stereocenters.